The summed E-state index contributed by atoms with van der Waals surface area (Å²) in [6, 6.07) is 13.4. The number of hydrogen-bond acceptors (Lipinski definition) is 6. The molecule has 1 aliphatic rings. The van der Waals surface area contributed by atoms with Crippen LogP contribution >= 0.6 is 11.8 Å². The van der Waals surface area contributed by atoms with E-state index in [2.05, 4.69) is 16.4 Å². The Kier molecular flexibility index (Phi) is 4.80. The first-order chi connectivity index (χ1) is 13.5. The highest BCUT2D eigenvalue weighted by Crippen LogP contribution is 2.37. The van der Waals surface area contributed by atoms with Gasteiger partial charge in [0.05, 0.1) is 16.8 Å². The van der Waals surface area contributed by atoms with Crippen LogP contribution in [0.2, 0.25) is 0 Å². The number of anilines is 1. The first-order valence-electron chi connectivity index (χ1n) is 8.68. The molecule has 2 aromatic carbocycles. The second-order valence-corrected chi connectivity index (χ2v) is 7.47. The van der Waals surface area contributed by atoms with E-state index in [1.165, 1.54) is 11.8 Å². The number of nitrogens with one attached hydrogen (secondary N) is 1. The summed E-state index contributed by atoms with van der Waals surface area (Å²) < 4.78 is 10.8. The maximum Gasteiger partial charge on any atom is 0.234 e. The molecule has 0 radical (unpaired) electrons. The molecule has 0 spiro atoms. The number of ether oxygens (including phenoxy) is 2. The summed E-state index contributed by atoms with van der Waals surface area (Å²) in [5, 5.41) is 13.7. The molecule has 6 nitrogen and oxygen atoms in total. The third-order valence-corrected chi connectivity index (χ3v) is 5.39. The van der Waals surface area contributed by atoms with E-state index < -0.39 is 0 Å². The van der Waals surface area contributed by atoms with Gasteiger partial charge in [0.1, 0.15) is 11.1 Å². The highest BCUT2D eigenvalue weighted by molar-refractivity contribution is 8.00. The maximum absolute atomic E-state index is 12.4. The molecule has 140 valence electrons. The molecule has 0 aliphatic carbocycles. The van der Waals surface area contributed by atoms with Crippen molar-refractivity contribution in [2.24, 2.45) is 0 Å². The number of carbonyl (C=O) groups is 1. The first-order valence-corrected chi connectivity index (χ1v) is 9.66. The lowest BCUT2D eigenvalue weighted by molar-refractivity contribution is -0.113. The van der Waals surface area contributed by atoms with E-state index in [1.807, 2.05) is 38.1 Å². The van der Waals surface area contributed by atoms with Gasteiger partial charge in [0, 0.05) is 17.1 Å². The topological polar surface area (TPSA) is 84.2 Å². The molecular formula is C21H17N3O3S. The van der Waals surface area contributed by atoms with Crippen LogP contribution in [-0.4, -0.2) is 23.4 Å². The van der Waals surface area contributed by atoms with Crippen molar-refractivity contribution in [3.63, 3.8) is 0 Å². The lowest BCUT2D eigenvalue weighted by atomic mass is 10.1. The lowest BCUT2D eigenvalue weighted by Crippen LogP contribution is -2.15. The van der Waals surface area contributed by atoms with E-state index in [0.29, 0.717) is 27.6 Å². The zero-order valence-corrected chi connectivity index (χ0v) is 16.2. The largest absolute Gasteiger partial charge is 0.454 e. The fourth-order valence-electron chi connectivity index (χ4n) is 2.93. The molecule has 1 aliphatic heterocycles. The number of carbonyl (C=O) groups excluding carboxylic acids is 1. The average molecular weight is 391 g/mol. The lowest BCUT2D eigenvalue weighted by Gasteiger charge is -2.10. The minimum Gasteiger partial charge on any atom is -0.454 e. The molecule has 0 saturated carbocycles. The molecule has 2 heterocycles. The number of nitrogens with zero attached hydrogens (tertiary/aromatic N) is 2. The summed E-state index contributed by atoms with van der Waals surface area (Å²) in [5.41, 5.74) is 4.00. The van der Waals surface area contributed by atoms with Crippen molar-refractivity contribution in [3.05, 3.63) is 53.1 Å². The van der Waals surface area contributed by atoms with Gasteiger partial charge in [-0.2, -0.15) is 5.26 Å². The number of pyridine rings is 1. The van der Waals surface area contributed by atoms with Crippen LogP contribution in [-0.2, 0) is 4.79 Å². The predicted molar refractivity (Wildman–Crippen MR) is 108 cm³/mol. The Hall–Kier alpha value is -3.24. The van der Waals surface area contributed by atoms with Gasteiger partial charge in [0.25, 0.3) is 0 Å². The minimum absolute atomic E-state index is 0.143. The fourth-order valence-corrected chi connectivity index (χ4v) is 3.69. The van der Waals surface area contributed by atoms with Crippen LogP contribution in [0.15, 0.2) is 41.4 Å². The van der Waals surface area contributed by atoms with Crippen LogP contribution in [0.1, 0.15) is 16.7 Å². The fraction of sp³-hybridized carbons (Fsp3) is 0.190. The van der Waals surface area contributed by atoms with Crippen LogP contribution in [0, 0.1) is 25.2 Å². The van der Waals surface area contributed by atoms with Crippen molar-refractivity contribution >= 4 is 34.3 Å². The Balaban J connectivity index is 1.54. The summed E-state index contributed by atoms with van der Waals surface area (Å²) >= 11 is 1.24. The zero-order valence-electron chi connectivity index (χ0n) is 15.4. The van der Waals surface area contributed by atoms with E-state index in [1.54, 1.807) is 12.1 Å². The Bertz CT molecular complexity index is 1140. The summed E-state index contributed by atoms with van der Waals surface area (Å²) in [7, 11) is 0. The molecule has 7 heteroatoms. The van der Waals surface area contributed by atoms with E-state index >= 15 is 0 Å². The quantitative estimate of drug-likeness (QED) is 0.672. The molecule has 3 aromatic rings. The average Bonchev–Trinajstić information content (AvgIpc) is 3.13. The zero-order chi connectivity index (χ0) is 19.7. The molecule has 1 N–H and O–H groups in total. The SMILES string of the molecule is Cc1ccc(C)c(NC(=O)CSc2nc3cc4c(cc3cc2C#N)OCO4)c1. The van der Waals surface area contributed by atoms with E-state index in [-0.39, 0.29) is 18.5 Å². The molecule has 28 heavy (non-hydrogen) atoms. The first kappa shape index (κ1) is 18.1. The van der Waals surface area contributed by atoms with Gasteiger partial charge in [-0.3, -0.25) is 4.79 Å². The highest BCUT2D eigenvalue weighted by Gasteiger charge is 2.17. The number of nitriles is 1. The second kappa shape index (κ2) is 7.41. The van der Waals surface area contributed by atoms with Gasteiger partial charge in [-0.05, 0) is 43.2 Å². The number of aryl methyl sites for hydroxylation is 2. The predicted octanol–water partition coefficient (Wildman–Crippen LogP) is 4.18. The van der Waals surface area contributed by atoms with Crippen molar-refractivity contribution in [1.82, 2.24) is 4.98 Å². The van der Waals surface area contributed by atoms with Crippen LogP contribution in [0.3, 0.4) is 0 Å². The Morgan fingerprint density at radius 2 is 2.00 bits per heavy atom. The number of amides is 1. The van der Waals surface area contributed by atoms with Gasteiger partial charge >= 0.3 is 0 Å². The number of benzene rings is 2. The summed E-state index contributed by atoms with van der Waals surface area (Å²) in [4.78, 5) is 16.9. The second-order valence-electron chi connectivity index (χ2n) is 6.51. The number of rotatable bonds is 4. The maximum atomic E-state index is 12.4. The summed E-state index contributed by atoms with van der Waals surface area (Å²) in [6.07, 6.45) is 0. The van der Waals surface area contributed by atoms with Crippen LogP contribution in [0.4, 0.5) is 5.69 Å². The van der Waals surface area contributed by atoms with Gasteiger partial charge in [0.15, 0.2) is 11.5 Å². The standard InChI is InChI=1S/C21H17N3O3S/c1-12-3-4-13(2)16(5-12)23-20(25)10-28-21-15(9-22)6-14-7-18-19(27-11-26-18)8-17(14)24-21/h3-8H,10-11H2,1-2H3,(H,23,25). The number of fused-ring (bicyclic) bond motifs is 2. The van der Waals surface area contributed by atoms with Crippen molar-refractivity contribution in [3.8, 4) is 17.6 Å². The number of thioether (sulfide) groups is 1. The van der Waals surface area contributed by atoms with Gasteiger partial charge in [-0.25, -0.2) is 4.98 Å². The molecule has 4 rings (SSSR count). The Labute approximate surface area is 166 Å². The monoisotopic (exact) mass is 391 g/mol. The van der Waals surface area contributed by atoms with E-state index in [9.17, 15) is 10.1 Å². The highest BCUT2D eigenvalue weighted by atomic mass is 32.2. The molecule has 0 atom stereocenters. The third kappa shape index (κ3) is 3.59. The van der Waals surface area contributed by atoms with Crippen molar-refractivity contribution < 1.29 is 14.3 Å². The van der Waals surface area contributed by atoms with Gasteiger partial charge < -0.3 is 14.8 Å². The summed E-state index contributed by atoms with van der Waals surface area (Å²) in [5.74, 6) is 1.29. The van der Waals surface area contributed by atoms with E-state index in [0.717, 1.165) is 22.2 Å². The van der Waals surface area contributed by atoms with E-state index in [4.69, 9.17) is 9.47 Å². The molecule has 1 aromatic heterocycles. The molecule has 0 unspecified atom stereocenters. The van der Waals surface area contributed by atoms with Crippen molar-refractivity contribution in [1.29, 1.82) is 5.26 Å². The van der Waals surface area contributed by atoms with Crippen LogP contribution < -0.4 is 14.8 Å². The Morgan fingerprint density at radius 1 is 1.21 bits per heavy atom. The molecule has 0 saturated heterocycles. The van der Waals surface area contributed by atoms with Crippen molar-refractivity contribution in [2.45, 2.75) is 18.9 Å². The van der Waals surface area contributed by atoms with Gasteiger partial charge in [-0.1, -0.05) is 23.9 Å². The smallest absolute Gasteiger partial charge is 0.234 e. The van der Waals surface area contributed by atoms with Gasteiger partial charge in [0.2, 0.25) is 12.7 Å². The summed E-state index contributed by atoms with van der Waals surface area (Å²) in [6.45, 7) is 4.11. The van der Waals surface area contributed by atoms with Crippen molar-refractivity contribution in [2.75, 3.05) is 17.9 Å². The number of hydrogen-bond donors (Lipinski definition) is 1. The third-order valence-electron chi connectivity index (χ3n) is 4.40. The van der Waals surface area contributed by atoms with Crippen LogP contribution in [0.5, 0.6) is 11.5 Å². The molecule has 0 bridgehead atoms. The number of aromatic nitrogens is 1. The molecule has 0 fully saturated rings. The molecular weight excluding hydrogens is 374 g/mol. The van der Waals surface area contributed by atoms with Crippen LogP contribution in [0.25, 0.3) is 10.9 Å². The Morgan fingerprint density at radius 3 is 2.79 bits per heavy atom. The minimum atomic E-state index is -0.143. The normalized spacial score (nSPS) is 12.0. The van der Waals surface area contributed by atoms with Gasteiger partial charge in [-0.15, -0.1) is 0 Å². The molecule has 1 amide bonds.